The Kier molecular flexibility index (Phi) is 41.4. The molecular weight excluding hydrogens is 1560 g/mol. The zero-order chi connectivity index (χ0) is 93.1. The Hall–Kier alpha value is -10.6. The van der Waals surface area contributed by atoms with Crippen LogP contribution in [0.5, 0.6) is 0 Å². The summed E-state index contributed by atoms with van der Waals surface area (Å²) in [7, 11) is 0. The first-order chi connectivity index (χ1) is 54.8. The molecule has 0 spiro atoms. The van der Waals surface area contributed by atoms with Crippen molar-refractivity contribution in [1.29, 1.82) is 0 Å². The summed E-state index contributed by atoms with van der Waals surface area (Å²) < 4.78 is 0. The molecule has 680 valence electrons. The van der Waals surface area contributed by atoms with Gasteiger partial charge in [0.25, 0.3) is 0 Å². The van der Waals surface area contributed by atoms with Crippen molar-refractivity contribution in [2.24, 2.45) is 35.1 Å². The molecule has 0 bridgehead atoms. The first-order valence-electron chi connectivity index (χ1n) is 40.5. The van der Waals surface area contributed by atoms with Crippen molar-refractivity contribution in [3.8, 4) is 0 Å². The Labute approximate surface area is 703 Å². The smallest absolute Gasteiger partial charge is 0.248 e. The molecule has 1 aliphatic heterocycles. The molecule has 0 aromatic rings. The third kappa shape index (κ3) is 35.3. The van der Waals surface area contributed by atoms with Gasteiger partial charge >= 0.3 is 0 Å². The molecule has 0 aromatic carbocycles. The van der Waals surface area contributed by atoms with Gasteiger partial charge in [-0.2, -0.15) is 0 Å². The summed E-state index contributed by atoms with van der Waals surface area (Å²) in [4.78, 5) is 270. The van der Waals surface area contributed by atoms with Gasteiger partial charge in [0.05, 0.1) is 25.7 Å². The molecule has 0 aromatic heterocycles. The van der Waals surface area contributed by atoms with Gasteiger partial charge in [-0.3, -0.25) is 95.9 Å². The lowest BCUT2D eigenvalue weighted by molar-refractivity contribution is -0.146. The van der Waals surface area contributed by atoms with Crippen LogP contribution in [-0.4, -0.2) is 248 Å². The van der Waals surface area contributed by atoms with Crippen LogP contribution in [0.4, 0.5) is 0 Å². The van der Waals surface area contributed by atoms with E-state index >= 15 is 0 Å². The number of nitrogens with two attached hydrogens (primary N) is 2. The zero-order valence-electron chi connectivity index (χ0n) is 74.6. The van der Waals surface area contributed by atoms with E-state index < -0.39 is 250 Å². The van der Waals surface area contributed by atoms with Crippen molar-refractivity contribution < 1.29 is 101 Å². The second-order valence-electron chi connectivity index (χ2n) is 35.8. The fraction of sp³-hybridized carbons (Fsp3) is 0.747. The molecule has 22 N–H and O–H groups in total. The molecule has 1 heterocycles. The number of rotatable bonds is 49. The van der Waals surface area contributed by atoms with Gasteiger partial charge in [0.2, 0.25) is 118 Å². The van der Waals surface area contributed by atoms with E-state index in [1.165, 1.54) is 116 Å². The molecule has 120 heavy (non-hydrogen) atoms. The summed E-state index contributed by atoms with van der Waals surface area (Å²) in [5.74, 6) is -17.1. The van der Waals surface area contributed by atoms with E-state index in [0.29, 0.717) is 12.8 Å². The average Bonchev–Trinajstić information content (AvgIpc) is 1.54. The summed E-state index contributed by atoms with van der Waals surface area (Å²) >= 11 is 0. The summed E-state index contributed by atoms with van der Waals surface area (Å²) in [5, 5.41) is 53.2. The van der Waals surface area contributed by atoms with Gasteiger partial charge in [0, 0.05) is 26.3 Å². The maximum Gasteiger partial charge on any atom is 0.248 e. The molecule has 1 rings (SSSR count). The molecule has 41 heteroatoms. The normalized spacial score (nSPS) is 15.8. The largest absolute Gasteiger partial charge is 0.394 e. The number of aliphatic hydroxyl groups is 1. The van der Waals surface area contributed by atoms with Gasteiger partial charge in [-0.1, -0.05) is 62.3 Å². The second kappa shape index (κ2) is 46.2. The molecule has 10 unspecified atom stereocenters. The Morgan fingerprint density at radius 3 is 1.27 bits per heavy atom. The van der Waals surface area contributed by atoms with Gasteiger partial charge in [0.1, 0.15) is 87.1 Å². The monoisotopic (exact) mass is 1700 g/mol. The van der Waals surface area contributed by atoms with Gasteiger partial charge in [-0.15, -0.1) is 0 Å². The van der Waals surface area contributed by atoms with Crippen LogP contribution in [-0.2, 0) is 95.9 Å². The molecule has 1 aliphatic rings. The van der Waals surface area contributed by atoms with Crippen molar-refractivity contribution in [3.05, 3.63) is 0 Å². The predicted molar refractivity (Wildman–Crippen MR) is 441 cm³/mol. The number of nitrogens with one attached hydrogen (secondary N) is 17. The van der Waals surface area contributed by atoms with Gasteiger partial charge in [0.15, 0.2) is 0 Å². The van der Waals surface area contributed by atoms with Crippen molar-refractivity contribution in [2.45, 2.75) is 330 Å². The van der Waals surface area contributed by atoms with Crippen LogP contribution >= 0.6 is 0 Å². The number of carbonyl (C=O) groups excluding carboxylic acids is 20. The van der Waals surface area contributed by atoms with Gasteiger partial charge < -0.3 is 112 Å². The van der Waals surface area contributed by atoms with E-state index in [0.717, 1.165) is 0 Å². The molecule has 20 amide bonds. The summed E-state index contributed by atoms with van der Waals surface area (Å²) in [6.07, 6.45) is -0.347. The summed E-state index contributed by atoms with van der Waals surface area (Å²) in [5.41, 5.74) is -1.22. The molecule has 0 saturated carbocycles. The van der Waals surface area contributed by atoms with Crippen molar-refractivity contribution in [3.63, 3.8) is 0 Å². The number of likely N-dealkylation sites (tertiary alicyclic amines) is 1. The third-order valence-corrected chi connectivity index (χ3v) is 19.7. The highest BCUT2D eigenvalue weighted by atomic mass is 16.3. The maximum absolute atomic E-state index is 14.5. The minimum absolute atomic E-state index is 0.0514. The lowest BCUT2D eigenvalue weighted by Crippen LogP contribution is -2.66. The molecule has 1 saturated heterocycles. The second-order valence-corrected chi connectivity index (χ2v) is 35.8. The number of carbonyl (C=O) groups is 20. The average molecular weight is 1700 g/mol. The zero-order valence-corrected chi connectivity index (χ0v) is 74.6. The minimum Gasteiger partial charge on any atom is -0.394 e. The van der Waals surface area contributed by atoms with E-state index in [4.69, 9.17) is 11.5 Å². The molecule has 1 fully saturated rings. The van der Waals surface area contributed by atoms with Crippen LogP contribution in [0.2, 0.25) is 0 Å². The number of hydrogen-bond donors (Lipinski definition) is 20. The van der Waals surface area contributed by atoms with Gasteiger partial charge in [-0.05, 0) is 179 Å². The van der Waals surface area contributed by atoms with E-state index in [1.54, 1.807) is 48.5 Å². The fourth-order valence-electron chi connectivity index (χ4n) is 12.2. The highest BCUT2D eigenvalue weighted by molar-refractivity contribution is 6.03. The number of primary amides is 2. The quantitative estimate of drug-likeness (QED) is 0.0277. The fourth-order valence-corrected chi connectivity index (χ4v) is 12.2. The van der Waals surface area contributed by atoms with Crippen LogP contribution < -0.4 is 102 Å². The van der Waals surface area contributed by atoms with Crippen LogP contribution in [0.25, 0.3) is 0 Å². The number of aliphatic hydroxyl groups excluding tert-OH is 1. The minimum atomic E-state index is -1.88. The van der Waals surface area contributed by atoms with Crippen LogP contribution in [0.3, 0.4) is 0 Å². The first-order valence-corrected chi connectivity index (χ1v) is 40.5. The Morgan fingerprint density at radius 2 is 0.800 bits per heavy atom. The van der Waals surface area contributed by atoms with Crippen LogP contribution in [0.15, 0.2) is 0 Å². The van der Waals surface area contributed by atoms with Crippen molar-refractivity contribution >= 4 is 118 Å². The number of hydrogen-bond acceptors (Lipinski definition) is 21. The highest BCUT2D eigenvalue weighted by Crippen LogP contribution is 2.25. The van der Waals surface area contributed by atoms with Crippen molar-refractivity contribution in [1.82, 2.24) is 95.3 Å². The Bertz CT molecular complexity index is 3740. The first kappa shape index (κ1) is 107. The van der Waals surface area contributed by atoms with E-state index in [-0.39, 0.29) is 62.8 Å². The Balaban J connectivity index is 3.17. The highest BCUT2D eigenvalue weighted by Gasteiger charge is 2.47. The Morgan fingerprint density at radius 1 is 0.400 bits per heavy atom. The van der Waals surface area contributed by atoms with Crippen molar-refractivity contribution in [2.75, 3.05) is 26.2 Å². The van der Waals surface area contributed by atoms with Gasteiger partial charge in [-0.25, -0.2) is 0 Å². The molecule has 10 atom stereocenters. The third-order valence-electron chi connectivity index (χ3n) is 19.7. The molecular formula is C79H138N20O21. The molecule has 41 nitrogen and oxygen atoms in total. The number of nitrogens with zero attached hydrogens (tertiary/aromatic N) is 1. The lowest BCUT2D eigenvalue weighted by Gasteiger charge is -2.37. The van der Waals surface area contributed by atoms with Crippen LogP contribution in [0.1, 0.15) is 237 Å². The maximum atomic E-state index is 14.5. The van der Waals surface area contributed by atoms with E-state index in [9.17, 15) is 101 Å². The molecule has 0 radical (unpaired) electrons. The standard InChI is InChI=1S/C79H138N20O21/c1-26-79(25,71(119)98-78(23,24)72(120)99-33-27-28-52(99)64(112)89-51(36-42(6)7)63(111)95-77(21,22)70(118)97-76(19,20)68(116)90-48(29-31-53(80)102)60(108)86-47(39-100)34-40(2)3)93-56(105)38-83-67(115)74(15,16)96-65(113)57(43(8)9)91-69(117)75(17,18)94-62(110)49(30-32-54(81)103)87-59(107)45(11)85-61(109)50(35-41(4)5)88-58(106)44(10)84-55(104)37-82-66(114)73(13,14)92-46(12)101/h40-45,47-52,57,100H,26-39H2,1-25H3,(H2,80,102)(H2,81,103)(H,82,114)(H,83,115)(H,84,104)(H,85,109)(H,86,108)(H,87,107)(H,88,106)(H,89,112)(H,90,116)(H,91,117)(H,92,101)(H,93,105)(H,94,110)(H,95,111)(H,96,113)(H,97,118)(H,98,119). The van der Waals surface area contributed by atoms with E-state index in [1.807, 2.05) is 13.8 Å². The van der Waals surface area contributed by atoms with Crippen LogP contribution in [0, 0.1) is 23.7 Å². The molecule has 0 aliphatic carbocycles. The number of amides is 20. The lowest BCUT2D eigenvalue weighted by atomic mass is 9.94. The van der Waals surface area contributed by atoms with E-state index in [2.05, 4.69) is 90.4 Å². The topological polar surface area (TPSA) is 621 Å². The SMILES string of the molecule is CCC(C)(NC(=O)CNC(=O)C(C)(C)NC(=O)C(NC(=O)C(C)(C)NC(=O)C(CCC(N)=O)NC(=O)C(C)NC(=O)C(CC(C)C)NC(=O)C(C)NC(=O)CNC(=O)C(C)(C)NC(C)=O)C(C)C)C(=O)NC(C)(C)C(=O)N1CCCC1C(=O)NC(CC(C)C)C(=O)NC(C)(C)C(=O)NC(C)(C)C(=O)NC(CCC(N)=O)C(=O)NC(CO)CC(C)C. The predicted octanol–water partition coefficient (Wildman–Crippen LogP) is -3.88. The summed E-state index contributed by atoms with van der Waals surface area (Å²) in [6, 6.07) is -11.2. The summed E-state index contributed by atoms with van der Waals surface area (Å²) in [6.45, 7) is 35.3.